The molecule has 0 atom stereocenters. The van der Waals surface area contributed by atoms with Crippen molar-refractivity contribution in [2.75, 3.05) is 5.73 Å². The van der Waals surface area contributed by atoms with E-state index >= 15 is 0 Å². The predicted molar refractivity (Wildman–Crippen MR) is 119 cm³/mol. The van der Waals surface area contributed by atoms with Crippen LogP contribution in [0.15, 0.2) is 35.7 Å². The summed E-state index contributed by atoms with van der Waals surface area (Å²) in [6, 6.07) is 11.5. The van der Waals surface area contributed by atoms with Crippen LogP contribution < -0.4 is 5.73 Å². The van der Waals surface area contributed by atoms with Crippen LogP contribution >= 0.6 is 11.3 Å². The zero-order valence-electron chi connectivity index (χ0n) is 16.6. The molecule has 5 rings (SSSR count). The third kappa shape index (κ3) is 3.60. The molecule has 2 N–H and O–H groups in total. The first-order valence-electron chi connectivity index (χ1n) is 10.6. The van der Waals surface area contributed by atoms with Crippen molar-refractivity contribution in [2.24, 2.45) is 0 Å². The number of rotatable bonds is 4. The summed E-state index contributed by atoms with van der Waals surface area (Å²) in [5, 5.41) is 3.39. The lowest BCUT2D eigenvalue weighted by molar-refractivity contribution is 0.711. The first-order valence-corrected chi connectivity index (χ1v) is 11.5. The highest BCUT2D eigenvalue weighted by Gasteiger charge is 2.27. The molecule has 3 aromatic rings. The van der Waals surface area contributed by atoms with Gasteiger partial charge in [0.25, 0.3) is 0 Å². The summed E-state index contributed by atoms with van der Waals surface area (Å²) in [5.74, 6) is 0.709. The summed E-state index contributed by atoms with van der Waals surface area (Å²) in [6.45, 7) is 2.11. The van der Waals surface area contributed by atoms with Gasteiger partial charge in [0, 0.05) is 23.1 Å². The SMILES string of the molecule is Cc1cc(Cc2csc(-c3ccc4c(c3)CCCCC4)n2)c(C2CC2)cc1N. The molecule has 2 nitrogen and oxygen atoms in total. The van der Waals surface area contributed by atoms with Crippen LogP contribution in [0, 0.1) is 6.92 Å². The fourth-order valence-corrected chi connectivity index (χ4v) is 5.31. The molecule has 1 heterocycles. The van der Waals surface area contributed by atoms with Crippen molar-refractivity contribution in [2.45, 2.75) is 64.2 Å². The van der Waals surface area contributed by atoms with Gasteiger partial charge in [-0.05, 0) is 91.3 Å². The zero-order chi connectivity index (χ0) is 19.1. The van der Waals surface area contributed by atoms with Gasteiger partial charge >= 0.3 is 0 Å². The van der Waals surface area contributed by atoms with Gasteiger partial charge in [-0.3, -0.25) is 0 Å². The van der Waals surface area contributed by atoms with Crippen LogP contribution in [0.25, 0.3) is 10.6 Å². The highest BCUT2D eigenvalue weighted by atomic mass is 32.1. The molecule has 0 unspecified atom stereocenters. The smallest absolute Gasteiger partial charge is 0.123 e. The Morgan fingerprint density at radius 1 is 1.04 bits per heavy atom. The summed E-state index contributed by atoms with van der Waals surface area (Å²) in [4.78, 5) is 5.01. The predicted octanol–water partition coefficient (Wildman–Crippen LogP) is 6.44. The van der Waals surface area contributed by atoms with Gasteiger partial charge in [0.15, 0.2) is 0 Å². The molecule has 1 fully saturated rings. The van der Waals surface area contributed by atoms with Crippen LogP contribution in [0.4, 0.5) is 5.69 Å². The topological polar surface area (TPSA) is 38.9 Å². The lowest BCUT2D eigenvalue weighted by Gasteiger charge is -2.11. The Morgan fingerprint density at radius 2 is 1.86 bits per heavy atom. The van der Waals surface area contributed by atoms with Crippen LogP contribution in [-0.2, 0) is 19.3 Å². The van der Waals surface area contributed by atoms with E-state index in [1.807, 2.05) is 0 Å². The minimum atomic E-state index is 0.709. The van der Waals surface area contributed by atoms with E-state index in [-0.39, 0.29) is 0 Å². The van der Waals surface area contributed by atoms with Crippen LogP contribution in [0.3, 0.4) is 0 Å². The van der Waals surface area contributed by atoms with Crippen molar-refractivity contribution in [1.29, 1.82) is 0 Å². The number of aromatic nitrogens is 1. The molecule has 0 amide bonds. The number of aryl methyl sites for hydroxylation is 3. The highest BCUT2D eigenvalue weighted by molar-refractivity contribution is 7.13. The monoisotopic (exact) mass is 388 g/mol. The normalized spacial score (nSPS) is 16.6. The number of thiazole rings is 1. The number of benzene rings is 2. The van der Waals surface area contributed by atoms with Gasteiger partial charge in [0.05, 0.1) is 5.69 Å². The van der Waals surface area contributed by atoms with E-state index in [1.165, 1.54) is 78.5 Å². The van der Waals surface area contributed by atoms with E-state index in [0.717, 1.165) is 17.1 Å². The Labute approximate surface area is 171 Å². The second-order valence-corrected chi connectivity index (χ2v) is 9.40. The van der Waals surface area contributed by atoms with Gasteiger partial charge in [-0.25, -0.2) is 4.98 Å². The quantitative estimate of drug-likeness (QED) is 0.413. The largest absolute Gasteiger partial charge is 0.399 e. The maximum Gasteiger partial charge on any atom is 0.123 e. The van der Waals surface area contributed by atoms with E-state index in [2.05, 4.69) is 42.6 Å². The standard InChI is InChI=1S/C25H28N2S/c1-16-11-21(23(14-24(16)26)18-8-9-18)13-22-15-28-25(27-22)20-10-7-17-5-3-2-4-6-19(17)12-20/h7,10-12,14-15,18H,2-6,8-9,13,26H2,1H3. The van der Waals surface area contributed by atoms with E-state index in [9.17, 15) is 0 Å². The zero-order valence-corrected chi connectivity index (χ0v) is 17.4. The molecule has 0 bridgehead atoms. The molecule has 2 aliphatic carbocycles. The van der Waals surface area contributed by atoms with Gasteiger partial charge in [-0.15, -0.1) is 11.3 Å². The molecule has 0 spiro atoms. The average molecular weight is 389 g/mol. The van der Waals surface area contributed by atoms with Crippen LogP contribution in [0.1, 0.15) is 71.5 Å². The maximum absolute atomic E-state index is 6.18. The van der Waals surface area contributed by atoms with Crippen molar-refractivity contribution in [3.05, 3.63) is 69.2 Å². The molecule has 144 valence electrons. The second kappa shape index (κ2) is 7.36. The molecular weight excluding hydrogens is 360 g/mol. The molecule has 0 aliphatic heterocycles. The molecule has 2 aliphatic rings. The number of anilines is 1. The van der Waals surface area contributed by atoms with Gasteiger partial charge in [0.1, 0.15) is 5.01 Å². The Morgan fingerprint density at radius 3 is 2.68 bits per heavy atom. The molecule has 0 radical (unpaired) electrons. The van der Waals surface area contributed by atoms with Crippen molar-refractivity contribution in [3.8, 4) is 10.6 Å². The number of nitrogens with zero attached hydrogens (tertiary/aromatic N) is 1. The van der Waals surface area contributed by atoms with E-state index < -0.39 is 0 Å². The molecule has 1 saturated carbocycles. The van der Waals surface area contributed by atoms with E-state index in [1.54, 1.807) is 16.9 Å². The minimum absolute atomic E-state index is 0.709. The number of nitrogens with two attached hydrogens (primary N) is 1. The average Bonchev–Trinajstić information content (AvgIpc) is 3.47. The van der Waals surface area contributed by atoms with Crippen LogP contribution in [-0.4, -0.2) is 4.98 Å². The second-order valence-electron chi connectivity index (χ2n) is 8.55. The maximum atomic E-state index is 6.18. The van der Waals surface area contributed by atoms with E-state index in [4.69, 9.17) is 10.7 Å². The molecule has 2 aromatic carbocycles. The highest BCUT2D eigenvalue weighted by Crippen LogP contribution is 2.43. The fourth-order valence-electron chi connectivity index (χ4n) is 4.49. The first-order chi connectivity index (χ1) is 13.7. The molecular formula is C25H28N2S. The Balaban J connectivity index is 1.42. The fraction of sp³-hybridized carbons (Fsp3) is 0.400. The molecule has 28 heavy (non-hydrogen) atoms. The van der Waals surface area contributed by atoms with Gasteiger partial charge < -0.3 is 5.73 Å². The van der Waals surface area contributed by atoms with Crippen molar-refractivity contribution >= 4 is 17.0 Å². The van der Waals surface area contributed by atoms with Crippen molar-refractivity contribution in [1.82, 2.24) is 4.98 Å². The lowest BCUT2D eigenvalue weighted by Crippen LogP contribution is -2.00. The number of fused-ring (bicyclic) bond motifs is 1. The first kappa shape index (κ1) is 17.9. The van der Waals surface area contributed by atoms with Crippen molar-refractivity contribution in [3.63, 3.8) is 0 Å². The molecule has 3 heteroatoms. The third-order valence-corrected chi connectivity index (χ3v) is 7.25. The summed E-state index contributed by atoms with van der Waals surface area (Å²) < 4.78 is 0. The van der Waals surface area contributed by atoms with Crippen LogP contribution in [0.2, 0.25) is 0 Å². The van der Waals surface area contributed by atoms with Gasteiger partial charge in [-0.2, -0.15) is 0 Å². The molecule has 0 saturated heterocycles. The Kier molecular flexibility index (Phi) is 4.72. The van der Waals surface area contributed by atoms with Gasteiger partial charge in [0.2, 0.25) is 0 Å². The number of hydrogen-bond acceptors (Lipinski definition) is 3. The summed E-state index contributed by atoms with van der Waals surface area (Å²) in [6.07, 6.45) is 9.97. The minimum Gasteiger partial charge on any atom is -0.399 e. The summed E-state index contributed by atoms with van der Waals surface area (Å²) in [7, 11) is 0. The summed E-state index contributed by atoms with van der Waals surface area (Å²) >= 11 is 1.78. The van der Waals surface area contributed by atoms with Crippen LogP contribution in [0.5, 0.6) is 0 Å². The van der Waals surface area contributed by atoms with E-state index in [0.29, 0.717) is 5.92 Å². The Hall–Kier alpha value is -2.13. The number of hydrogen-bond donors (Lipinski definition) is 1. The third-order valence-electron chi connectivity index (χ3n) is 6.31. The lowest BCUT2D eigenvalue weighted by atomic mass is 9.96. The Bertz CT molecular complexity index is 1010. The number of nitrogen functional groups attached to an aromatic ring is 1. The molecule has 1 aromatic heterocycles. The van der Waals surface area contributed by atoms with Gasteiger partial charge in [-0.1, -0.05) is 24.6 Å². The van der Waals surface area contributed by atoms with Crippen molar-refractivity contribution < 1.29 is 0 Å². The summed E-state index contributed by atoms with van der Waals surface area (Å²) in [5.41, 5.74) is 16.7.